The van der Waals surface area contributed by atoms with Gasteiger partial charge in [-0.05, 0) is 12.3 Å². The average Bonchev–Trinajstić information content (AvgIpc) is 2.29. The van der Waals surface area contributed by atoms with Gasteiger partial charge in [0.1, 0.15) is 0 Å². The van der Waals surface area contributed by atoms with Crippen molar-refractivity contribution in [3.63, 3.8) is 0 Å². The fourth-order valence-corrected chi connectivity index (χ4v) is 1.32. The zero-order valence-corrected chi connectivity index (χ0v) is 8.88. The molecule has 5 heteroatoms. The van der Waals surface area contributed by atoms with Gasteiger partial charge in [-0.25, -0.2) is 22.0 Å². The van der Waals surface area contributed by atoms with Crippen LogP contribution in [0.5, 0.6) is 0 Å². The fraction of sp³-hybridized carbons (Fsp3) is 0.455. The molecule has 0 amide bonds. The second-order valence-electron chi connectivity index (χ2n) is 3.77. The highest BCUT2D eigenvalue weighted by atomic mass is 19.2. The minimum atomic E-state index is -2.11. The second kappa shape index (κ2) is 4.80. The molecule has 0 fully saturated rings. The van der Waals surface area contributed by atoms with Crippen molar-refractivity contribution in [1.29, 1.82) is 0 Å². The van der Waals surface area contributed by atoms with E-state index < -0.39 is 34.6 Å². The Balaban J connectivity index is 3.28. The zero-order chi connectivity index (χ0) is 12.5. The normalized spacial score (nSPS) is 12.9. The van der Waals surface area contributed by atoms with Crippen LogP contribution in [0.15, 0.2) is 0 Å². The van der Waals surface area contributed by atoms with Crippen LogP contribution in [0, 0.1) is 35.0 Å². The molecule has 0 heterocycles. The molecule has 0 saturated carbocycles. The molecule has 1 unspecified atom stereocenters. The predicted molar refractivity (Wildman–Crippen MR) is 49.4 cm³/mol. The van der Waals surface area contributed by atoms with Gasteiger partial charge in [-0.15, -0.1) is 0 Å². The average molecular weight is 238 g/mol. The van der Waals surface area contributed by atoms with Gasteiger partial charge in [-0.3, -0.25) is 0 Å². The van der Waals surface area contributed by atoms with Crippen molar-refractivity contribution in [1.82, 2.24) is 0 Å². The molecule has 0 saturated heterocycles. The number of benzene rings is 1. The highest BCUT2D eigenvalue weighted by Crippen LogP contribution is 2.25. The van der Waals surface area contributed by atoms with Gasteiger partial charge in [0.15, 0.2) is 23.3 Å². The van der Waals surface area contributed by atoms with E-state index in [1.165, 1.54) is 0 Å². The van der Waals surface area contributed by atoms with E-state index in [9.17, 15) is 22.0 Å². The lowest BCUT2D eigenvalue weighted by atomic mass is 9.97. The third kappa shape index (κ3) is 2.18. The van der Waals surface area contributed by atoms with Crippen molar-refractivity contribution >= 4 is 0 Å². The smallest absolute Gasteiger partial charge is 0.200 e. The van der Waals surface area contributed by atoms with Crippen molar-refractivity contribution in [2.24, 2.45) is 5.92 Å². The predicted octanol–water partition coefficient (Wildman–Crippen LogP) is 3.97. The van der Waals surface area contributed by atoms with Gasteiger partial charge in [0, 0.05) is 5.56 Å². The summed E-state index contributed by atoms with van der Waals surface area (Å²) in [6.45, 7) is 3.45. The molecule has 0 aromatic heterocycles. The summed E-state index contributed by atoms with van der Waals surface area (Å²) in [5, 5.41) is 0. The Morgan fingerprint density at radius 1 is 0.812 bits per heavy atom. The summed E-state index contributed by atoms with van der Waals surface area (Å²) in [5.41, 5.74) is -0.731. The molecule has 16 heavy (non-hydrogen) atoms. The van der Waals surface area contributed by atoms with Crippen LogP contribution < -0.4 is 0 Å². The molecule has 1 rings (SSSR count). The molecule has 0 aliphatic heterocycles. The van der Waals surface area contributed by atoms with Crippen LogP contribution >= 0.6 is 0 Å². The molecule has 1 aromatic carbocycles. The maximum absolute atomic E-state index is 13.2. The summed E-state index contributed by atoms with van der Waals surface area (Å²) in [5.74, 6) is -9.46. The number of hydrogen-bond donors (Lipinski definition) is 0. The molecule has 90 valence electrons. The molecule has 0 N–H and O–H groups in total. The Kier molecular flexibility index (Phi) is 3.88. The Hall–Kier alpha value is -1.13. The first-order valence-corrected chi connectivity index (χ1v) is 4.90. The third-order valence-electron chi connectivity index (χ3n) is 2.55. The van der Waals surface area contributed by atoms with Crippen LogP contribution in [0.2, 0.25) is 0 Å². The van der Waals surface area contributed by atoms with Gasteiger partial charge in [0.05, 0.1) is 0 Å². The largest absolute Gasteiger partial charge is 0.203 e. The van der Waals surface area contributed by atoms with E-state index in [4.69, 9.17) is 0 Å². The van der Waals surface area contributed by atoms with Gasteiger partial charge in [0.2, 0.25) is 5.82 Å². The van der Waals surface area contributed by atoms with Crippen LogP contribution in [0.3, 0.4) is 0 Å². The van der Waals surface area contributed by atoms with Crippen molar-refractivity contribution in [2.45, 2.75) is 26.7 Å². The summed E-state index contributed by atoms with van der Waals surface area (Å²) in [4.78, 5) is 0. The summed E-state index contributed by atoms with van der Waals surface area (Å²) < 4.78 is 64.6. The van der Waals surface area contributed by atoms with E-state index in [0.717, 1.165) is 0 Å². The molecular formula is C11H11F5. The summed E-state index contributed by atoms with van der Waals surface area (Å²) in [7, 11) is 0. The summed E-state index contributed by atoms with van der Waals surface area (Å²) in [6.07, 6.45) is 0.432. The van der Waals surface area contributed by atoms with Crippen molar-refractivity contribution in [2.75, 3.05) is 0 Å². The second-order valence-corrected chi connectivity index (χ2v) is 3.77. The van der Waals surface area contributed by atoms with Crippen molar-refractivity contribution in [3.05, 3.63) is 34.6 Å². The quantitative estimate of drug-likeness (QED) is 0.424. The first-order chi connectivity index (χ1) is 7.40. The highest BCUT2D eigenvalue weighted by Gasteiger charge is 2.25. The zero-order valence-electron chi connectivity index (χ0n) is 8.88. The van der Waals surface area contributed by atoms with Gasteiger partial charge < -0.3 is 0 Å². The van der Waals surface area contributed by atoms with Crippen LogP contribution in [0.1, 0.15) is 25.8 Å². The molecule has 0 aliphatic rings. The first kappa shape index (κ1) is 12.9. The first-order valence-electron chi connectivity index (χ1n) is 4.90. The molecule has 1 aromatic rings. The minimum Gasteiger partial charge on any atom is -0.203 e. The van der Waals surface area contributed by atoms with Crippen LogP contribution in [-0.4, -0.2) is 0 Å². The fourth-order valence-electron chi connectivity index (χ4n) is 1.32. The molecule has 0 nitrogen and oxygen atoms in total. The van der Waals surface area contributed by atoms with Gasteiger partial charge in [0.25, 0.3) is 0 Å². The summed E-state index contributed by atoms with van der Waals surface area (Å²) >= 11 is 0. The molecule has 1 atom stereocenters. The van der Waals surface area contributed by atoms with E-state index in [1.807, 2.05) is 0 Å². The van der Waals surface area contributed by atoms with E-state index in [1.54, 1.807) is 13.8 Å². The van der Waals surface area contributed by atoms with E-state index >= 15 is 0 Å². The highest BCUT2D eigenvalue weighted by molar-refractivity contribution is 5.24. The topological polar surface area (TPSA) is 0 Å². The SMILES string of the molecule is CCC(C)Cc1c(F)c(F)c(F)c(F)c1F. The summed E-state index contributed by atoms with van der Waals surface area (Å²) in [6, 6.07) is 0. The van der Waals surface area contributed by atoms with E-state index in [2.05, 4.69) is 0 Å². The van der Waals surface area contributed by atoms with E-state index in [-0.39, 0.29) is 12.3 Å². The lowest BCUT2D eigenvalue weighted by Gasteiger charge is -2.11. The van der Waals surface area contributed by atoms with Gasteiger partial charge in [-0.1, -0.05) is 20.3 Å². The molecule has 0 radical (unpaired) electrons. The maximum atomic E-state index is 13.2. The Labute approximate surface area is 90.1 Å². The third-order valence-corrected chi connectivity index (χ3v) is 2.55. The molecule has 0 bridgehead atoms. The molecule has 0 spiro atoms. The van der Waals surface area contributed by atoms with Gasteiger partial charge in [-0.2, -0.15) is 0 Å². The van der Waals surface area contributed by atoms with E-state index in [0.29, 0.717) is 6.42 Å². The lowest BCUT2D eigenvalue weighted by Crippen LogP contribution is -2.10. The lowest BCUT2D eigenvalue weighted by molar-refractivity contribution is 0.364. The maximum Gasteiger partial charge on any atom is 0.200 e. The molecular weight excluding hydrogens is 227 g/mol. The van der Waals surface area contributed by atoms with Gasteiger partial charge >= 0.3 is 0 Å². The Bertz CT molecular complexity index is 371. The van der Waals surface area contributed by atoms with Crippen LogP contribution in [0.4, 0.5) is 22.0 Å². The Morgan fingerprint density at radius 2 is 1.19 bits per heavy atom. The minimum absolute atomic E-state index is 0.145. The standard InChI is InChI=1S/C11H11F5/c1-3-5(2)4-6-7(12)9(14)11(16)10(15)8(6)13/h5H,3-4H2,1-2H3. The van der Waals surface area contributed by atoms with Crippen LogP contribution in [0.25, 0.3) is 0 Å². The number of hydrogen-bond acceptors (Lipinski definition) is 0. The molecule has 0 aliphatic carbocycles. The number of halogens is 5. The monoisotopic (exact) mass is 238 g/mol. The van der Waals surface area contributed by atoms with Crippen molar-refractivity contribution in [3.8, 4) is 0 Å². The Morgan fingerprint density at radius 3 is 1.56 bits per heavy atom. The van der Waals surface area contributed by atoms with Crippen molar-refractivity contribution < 1.29 is 22.0 Å². The number of rotatable bonds is 3. The van der Waals surface area contributed by atoms with Crippen LogP contribution in [-0.2, 0) is 6.42 Å².